The smallest absolute Gasteiger partial charge is 0.234 e. The average Bonchev–Trinajstić information content (AvgIpc) is 3.20. The molecule has 0 aromatic carbocycles. The van der Waals surface area contributed by atoms with Crippen molar-refractivity contribution in [2.24, 2.45) is 0 Å². The zero-order chi connectivity index (χ0) is 12.8. The summed E-state index contributed by atoms with van der Waals surface area (Å²) in [7, 11) is 0. The number of hydrogen-bond donors (Lipinski definition) is 1. The largest absolute Gasteiger partial charge is 0.477 e. The quantitative estimate of drug-likeness (QED) is 0.711. The second-order valence-corrected chi connectivity index (χ2v) is 4.50. The number of nitrogens with zero attached hydrogens (tertiary/aromatic N) is 3. The van der Waals surface area contributed by atoms with Crippen molar-refractivity contribution in [2.45, 2.75) is 38.6 Å². The molecule has 100 valence electrons. The Balaban J connectivity index is 2.02. The van der Waals surface area contributed by atoms with E-state index in [1.807, 2.05) is 6.92 Å². The molecule has 18 heavy (non-hydrogen) atoms. The molecule has 0 atom stereocenters. The zero-order valence-electron chi connectivity index (χ0n) is 10.9. The van der Waals surface area contributed by atoms with Crippen LogP contribution in [0.3, 0.4) is 0 Å². The van der Waals surface area contributed by atoms with Gasteiger partial charge in [0.2, 0.25) is 5.88 Å². The van der Waals surface area contributed by atoms with Crippen LogP contribution in [-0.4, -0.2) is 40.9 Å². The number of rotatable bonds is 8. The van der Waals surface area contributed by atoms with Gasteiger partial charge in [-0.3, -0.25) is 4.98 Å². The lowest BCUT2D eigenvalue weighted by Crippen LogP contribution is -2.28. The first-order chi connectivity index (χ1) is 8.85. The lowest BCUT2D eigenvalue weighted by atomic mass is 10.3. The Hall–Kier alpha value is -1.36. The molecule has 5 nitrogen and oxygen atoms in total. The predicted molar refractivity (Wildman–Crippen MR) is 69.9 cm³/mol. The lowest BCUT2D eigenvalue weighted by molar-refractivity contribution is 0.285. The van der Waals surface area contributed by atoms with Crippen LogP contribution in [0.1, 0.15) is 32.6 Å². The van der Waals surface area contributed by atoms with E-state index in [-0.39, 0.29) is 6.61 Å². The van der Waals surface area contributed by atoms with E-state index in [0.717, 1.165) is 25.2 Å². The third-order valence-electron chi connectivity index (χ3n) is 2.98. The van der Waals surface area contributed by atoms with Crippen molar-refractivity contribution in [3.05, 3.63) is 12.4 Å². The van der Waals surface area contributed by atoms with Gasteiger partial charge in [-0.1, -0.05) is 0 Å². The molecule has 1 fully saturated rings. The van der Waals surface area contributed by atoms with Crippen molar-refractivity contribution in [2.75, 3.05) is 24.7 Å². The van der Waals surface area contributed by atoms with Crippen LogP contribution in [0.15, 0.2) is 12.4 Å². The van der Waals surface area contributed by atoms with E-state index >= 15 is 0 Å². The van der Waals surface area contributed by atoms with Crippen molar-refractivity contribution < 1.29 is 9.84 Å². The van der Waals surface area contributed by atoms with Gasteiger partial charge in [0.15, 0.2) is 5.82 Å². The van der Waals surface area contributed by atoms with Crippen molar-refractivity contribution in [3.8, 4) is 5.88 Å². The molecule has 1 aliphatic rings. The summed E-state index contributed by atoms with van der Waals surface area (Å²) in [6.07, 6.45) is 7.69. The molecular weight excluding hydrogens is 230 g/mol. The lowest BCUT2D eigenvalue weighted by Gasteiger charge is -2.23. The minimum Gasteiger partial charge on any atom is -0.477 e. The minimum atomic E-state index is 0.253. The molecule has 0 saturated heterocycles. The molecule has 0 unspecified atom stereocenters. The summed E-state index contributed by atoms with van der Waals surface area (Å²) < 4.78 is 5.38. The van der Waals surface area contributed by atoms with Crippen LogP contribution >= 0.6 is 0 Å². The second-order valence-electron chi connectivity index (χ2n) is 4.50. The summed E-state index contributed by atoms with van der Waals surface area (Å²) in [5.74, 6) is 1.48. The summed E-state index contributed by atoms with van der Waals surface area (Å²) in [6, 6.07) is 0.592. The SMILES string of the molecule is CCOc1cncc(N(CCCCO)C2CC2)n1. The Bertz CT molecular complexity index is 369. The monoisotopic (exact) mass is 251 g/mol. The van der Waals surface area contributed by atoms with Gasteiger partial charge in [-0.2, -0.15) is 4.98 Å². The molecule has 1 aliphatic carbocycles. The van der Waals surface area contributed by atoms with Crippen LogP contribution in [0, 0.1) is 0 Å². The Morgan fingerprint density at radius 1 is 1.39 bits per heavy atom. The van der Waals surface area contributed by atoms with Crippen molar-refractivity contribution >= 4 is 5.82 Å². The van der Waals surface area contributed by atoms with E-state index < -0.39 is 0 Å². The topological polar surface area (TPSA) is 58.5 Å². The van der Waals surface area contributed by atoms with Crippen LogP contribution in [0.5, 0.6) is 5.88 Å². The van der Waals surface area contributed by atoms with Crippen LogP contribution in [0.2, 0.25) is 0 Å². The highest BCUT2D eigenvalue weighted by Crippen LogP contribution is 2.31. The van der Waals surface area contributed by atoms with E-state index in [2.05, 4.69) is 14.9 Å². The Morgan fingerprint density at radius 3 is 2.89 bits per heavy atom. The molecule has 1 saturated carbocycles. The van der Waals surface area contributed by atoms with E-state index in [0.29, 0.717) is 18.5 Å². The van der Waals surface area contributed by atoms with Gasteiger partial charge in [-0.25, -0.2) is 0 Å². The minimum absolute atomic E-state index is 0.253. The average molecular weight is 251 g/mol. The van der Waals surface area contributed by atoms with E-state index in [1.165, 1.54) is 12.8 Å². The Morgan fingerprint density at radius 2 is 2.22 bits per heavy atom. The summed E-state index contributed by atoms with van der Waals surface area (Å²) >= 11 is 0. The number of unbranched alkanes of at least 4 members (excludes halogenated alkanes) is 1. The fourth-order valence-corrected chi connectivity index (χ4v) is 1.96. The maximum absolute atomic E-state index is 8.85. The molecule has 0 spiro atoms. The maximum atomic E-state index is 8.85. The third-order valence-corrected chi connectivity index (χ3v) is 2.98. The molecule has 1 heterocycles. The van der Waals surface area contributed by atoms with Gasteiger partial charge in [0.25, 0.3) is 0 Å². The summed E-state index contributed by atoms with van der Waals surface area (Å²) in [5, 5.41) is 8.85. The number of hydrogen-bond acceptors (Lipinski definition) is 5. The second kappa shape index (κ2) is 6.54. The first-order valence-electron chi connectivity index (χ1n) is 6.67. The first-order valence-corrected chi connectivity index (χ1v) is 6.67. The van der Waals surface area contributed by atoms with E-state index in [1.54, 1.807) is 12.4 Å². The number of aromatic nitrogens is 2. The summed E-state index contributed by atoms with van der Waals surface area (Å²) in [4.78, 5) is 10.9. The van der Waals surface area contributed by atoms with Crippen molar-refractivity contribution in [1.82, 2.24) is 9.97 Å². The number of anilines is 1. The highest BCUT2D eigenvalue weighted by atomic mass is 16.5. The van der Waals surface area contributed by atoms with Gasteiger partial charge in [0.1, 0.15) is 0 Å². The van der Waals surface area contributed by atoms with E-state index in [9.17, 15) is 0 Å². The first kappa shape index (κ1) is 13.1. The molecule has 0 radical (unpaired) electrons. The molecule has 1 N–H and O–H groups in total. The summed E-state index contributed by atoms with van der Waals surface area (Å²) in [5.41, 5.74) is 0. The van der Waals surface area contributed by atoms with Crippen molar-refractivity contribution in [3.63, 3.8) is 0 Å². The number of aliphatic hydroxyl groups is 1. The predicted octanol–water partition coefficient (Wildman–Crippen LogP) is 1.62. The van der Waals surface area contributed by atoms with Gasteiger partial charge in [-0.15, -0.1) is 0 Å². The van der Waals surface area contributed by atoms with Gasteiger partial charge < -0.3 is 14.7 Å². The standard InChI is InChI=1S/C13H21N3O2/c1-2-18-13-10-14-9-12(15-13)16(11-5-6-11)7-3-4-8-17/h9-11,17H,2-8H2,1H3. The molecule has 0 amide bonds. The maximum Gasteiger partial charge on any atom is 0.234 e. The fraction of sp³-hybridized carbons (Fsp3) is 0.692. The molecule has 1 aromatic heterocycles. The number of aliphatic hydroxyl groups excluding tert-OH is 1. The van der Waals surface area contributed by atoms with Gasteiger partial charge in [-0.05, 0) is 32.6 Å². The normalized spacial score (nSPS) is 14.6. The highest BCUT2D eigenvalue weighted by Gasteiger charge is 2.29. The molecule has 2 rings (SSSR count). The Labute approximate surface area is 108 Å². The molecule has 0 bridgehead atoms. The van der Waals surface area contributed by atoms with Crippen LogP contribution in [0.25, 0.3) is 0 Å². The van der Waals surface area contributed by atoms with Gasteiger partial charge in [0, 0.05) is 19.2 Å². The summed E-state index contributed by atoms with van der Waals surface area (Å²) in [6.45, 7) is 3.72. The molecule has 0 aliphatic heterocycles. The molecule has 5 heteroatoms. The third kappa shape index (κ3) is 3.57. The van der Waals surface area contributed by atoms with Gasteiger partial charge >= 0.3 is 0 Å². The van der Waals surface area contributed by atoms with Crippen LogP contribution < -0.4 is 9.64 Å². The fourth-order valence-electron chi connectivity index (χ4n) is 1.96. The van der Waals surface area contributed by atoms with Gasteiger partial charge in [0.05, 0.1) is 19.0 Å². The molecular formula is C13H21N3O2. The zero-order valence-corrected chi connectivity index (χ0v) is 10.9. The Kier molecular flexibility index (Phi) is 4.75. The van der Waals surface area contributed by atoms with Crippen LogP contribution in [0.4, 0.5) is 5.82 Å². The van der Waals surface area contributed by atoms with Crippen molar-refractivity contribution in [1.29, 1.82) is 0 Å². The highest BCUT2D eigenvalue weighted by molar-refractivity contribution is 5.40. The van der Waals surface area contributed by atoms with E-state index in [4.69, 9.17) is 9.84 Å². The number of ether oxygens (including phenoxy) is 1. The molecule has 1 aromatic rings. The van der Waals surface area contributed by atoms with Crippen LogP contribution in [-0.2, 0) is 0 Å².